The predicted octanol–water partition coefficient (Wildman–Crippen LogP) is 1.34. The van der Waals surface area contributed by atoms with Crippen molar-refractivity contribution in [2.45, 2.75) is 19.4 Å². The van der Waals surface area contributed by atoms with Crippen LogP contribution in [0.3, 0.4) is 0 Å². The summed E-state index contributed by atoms with van der Waals surface area (Å²) in [5.41, 5.74) is 0.352. The first-order valence-corrected chi connectivity index (χ1v) is 5.50. The average Bonchev–Trinajstić information content (AvgIpc) is 2.26. The highest BCUT2D eigenvalue weighted by Crippen LogP contribution is 2.07. The van der Waals surface area contributed by atoms with E-state index in [1.165, 1.54) is 0 Å². The van der Waals surface area contributed by atoms with Crippen LogP contribution in [0.25, 0.3) is 0 Å². The number of amides is 1. The molecule has 2 N–H and O–H groups in total. The number of halogens is 1. The Morgan fingerprint density at radius 2 is 2.40 bits per heavy atom. The summed E-state index contributed by atoms with van der Waals surface area (Å²) in [5.74, 6) is -0.261. The molecule has 4 nitrogen and oxygen atoms in total. The predicted molar refractivity (Wildman–Crippen MR) is 60.6 cm³/mol. The molecule has 82 valence electrons. The van der Waals surface area contributed by atoms with Gasteiger partial charge in [0.15, 0.2) is 0 Å². The van der Waals surface area contributed by atoms with Gasteiger partial charge in [-0.1, -0.05) is 6.92 Å². The monoisotopic (exact) mass is 272 g/mol. The van der Waals surface area contributed by atoms with E-state index in [-0.39, 0.29) is 18.6 Å². The Kier molecular flexibility index (Phi) is 4.71. The van der Waals surface area contributed by atoms with Crippen molar-refractivity contribution >= 4 is 21.8 Å². The van der Waals surface area contributed by atoms with Gasteiger partial charge in [0.05, 0.1) is 12.6 Å². The Balaban J connectivity index is 2.64. The number of carbonyl (C=O) groups excluding carboxylic acids is 1. The number of pyridine rings is 1. The topological polar surface area (TPSA) is 62.2 Å². The second-order valence-electron chi connectivity index (χ2n) is 3.12. The fourth-order valence-electron chi connectivity index (χ4n) is 1.05. The fraction of sp³-hybridized carbons (Fsp3) is 0.400. The molecule has 1 heterocycles. The van der Waals surface area contributed by atoms with Crippen LogP contribution >= 0.6 is 15.9 Å². The van der Waals surface area contributed by atoms with Crippen LogP contribution < -0.4 is 5.32 Å². The minimum atomic E-state index is -0.261. The third-order valence-corrected chi connectivity index (χ3v) is 2.48. The maximum Gasteiger partial charge on any atom is 0.270 e. The molecular weight excluding hydrogens is 260 g/mol. The summed E-state index contributed by atoms with van der Waals surface area (Å²) >= 11 is 3.24. The minimum Gasteiger partial charge on any atom is -0.394 e. The number of hydrogen-bond donors (Lipinski definition) is 2. The lowest BCUT2D eigenvalue weighted by Gasteiger charge is -2.13. The lowest BCUT2D eigenvalue weighted by Crippen LogP contribution is -2.37. The average molecular weight is 273 g/mol. The molecule has 0 aromatic carbocycles. The molecular formula is C10H13BrN2O2. The number of aliphatic hydroxyl groups is 1. The standard InChI is InChI=1S/C10H13BrN2O2/c1-2-8(6-14)13-10(15)9-4-3-7(11)5-12-9/h3-5,8,14H,2,6H2,1H3,(H,13,15)/t8-/m0/s1. The summed E-state index contributed by atoms with van der Waals surface area (Å²) in [5, 5.41) is 11.6. The Bertz CT molecular complexity index is 323. The number of carbonyl (C=O) groups is 1. The highest BCUT2D eigenvalue weighted by molar-refractivity contribution is 9.10. The summed E-state index contributed by atoms with van der Waals surface area (Å²) in [6, 6.07) is 3.17. The molecule has 1 amide bonds. The van der Waals surface area contributed by atoms with Gasteiger partial charge in [0.25, 0.3) is 5.91 Å². The third-order valence-electron chi connectivity index (χ3n) is 2.01. The van der Waals surface area contributed by atoms with Gasteiger partial charge in [-0.05, 0) is 34.5 Å². The number of hydrogen-bond acceptors (Lipinski definition) is 3. The second kappa shape index (κ2) is 5.82. The molecule has 1 atom stereocenters. The smallest absolute Gasteiger partial charge is 0.270 e. The van der Waals surface area contributed by atoms with Gasteiger partial charge < -0.3 is 10.4 Å². The molecule has 0 aliphatic heterocycles. The lowest BCUT2D eigenvalue weighted by atomic mass is 10.2. The number of nitrogens with zero attached hydrogens (tertiary/aromatic N) is 1. The Labute approximate surface area is 96.8 Å². The Morgan fingerprint density at radius 3 is 2.87 bits per heavy atom. The summed E-state index contributed by atoms with van der Waals surface area (Å²) in [6.45, 7) is 1.84. The number of rotatable bonds is 4. The summed E-state index contributed by atoms with van der Waals surface area (Å²) in [6.07, 6.45) is 2.26. The van der Waals surface area contributed by atoms with E-state index in [0.717, 1.165) is 4.47 Å². The Hall–Kier alpha value is -0.940. The van der Waals surface area contributed by atoms with Crippen LogP contribution in [0.2, 0.25) is 0 Å². The van der Waals surface area contributed by atoms with Crippen LogP contribution in [0.15, 0.2) is 22.8 Å². The zero-order chi connectivity index (χ0) is 11.3. The quantitative estimate of drug-likeness (QED) is 0.870. The van der Waals surface area contributed by atoms with E-state index in [0.29, 0.717) is 12.1 Å². The van der Waals surface area contributed by atoms with E-state index >= 15 is 0 Å². The van der Waals surface area contributed by atoms with Gasteiger partial charge in [0.1, 0.15) is 5.69 Å². The van der Waals surface area contributed by atoms with Crippen LogP contribution in [0.5, 0.6) is 0 Å². The van der Waals surface area contributed by atoms with Gasteiger partial charge in [0, 0.05) is 10.7 Å². The summed E-state index contributed by atoms with van der Waals surface area (Å²) < 4.78 is 0.827. The first-order chi connectivity index (χ1) is 7.17. The number of nitrogens with one attached hydrogen (secondary N) is 1. The van der Waals surface area contributed by atoms with Gasteiger partial charge in [-0.3, -0.25) is 4.79 Å². The SMILES string of the molecule is CC[C@@H](CO)NC(=O)c1ccc(Br)cn1. The van der Waals surface area contributed by atoms with E-state index in [4.69, 9.17) is 5.11 Å². The molecule has 0 fully saturated rings. The molecule has 0 saturated heterocycles. The van der Waals surface area contributed by atoms with Gasteiger partial charge in [-0.2, -0.15) is 0 Å². The maximum atomic E-state index is 11.6. The summed E-state index contributed by atoms with van der Waals surface area (Å²) in [4.78, 5) is 15.5. The maximum absolute atomic E-state index is 11.6. The summed E-state index contributed by atoms with van der Waals surface area (Å²) in [7, 11) is 0. The van der Waals surface area contributed by atoms with Crippen LogP contribution in [0, 0.1) is 0 Å². The van der Waals surface area contributed by atoms with E-state index < -0.39 is 0 Å². The molecule has 0 bridgehead atoms. The van der Waals surface area contributed by atoms with Crippen molar-refractivity contribution in [2.75, 3.05) is 6.61 Å². The first-order valence-electron chi connectivity index (χ1n) is 4.70. The molecule has 5 heteroatoms. The van der Waals surface area contributed by atoms with Crippen molar-refractivity contribution in [1.82, 2.24) is 10.3 Å². The number of aromatic nitrogens is 1. The van der Waals surface area contributed by atoms with Gasteiger partial charge >= 0.3 is 0 Å². The normalized spacial score (nSPS) is 12.2. The van der Waals surface area contributed by atoms with E-state index in [9.17, 15) is 4.79 Å². The van der Waals surface area contributed by atoms with E-state index in [1.807, 2.05) is 6.92 Å². The molecule has 0 aliphatic carbocycles. The Morgan fingerprint density at radius 1 is 1.67 bits per heavy atom. The third kappa shape index (κ3) is 3.60. The van der Waals surface area contributed by atoms with Crippen molar-refractivity contribution in [1.29, 1.82) is 0 Å². The van der Waals surface area contributed by atoms with Crippen LogP contribution in [-0.4, -0.2) is 28.6 Å². The zero-order valence-electron chi connectivity index (χ0n) is 8.40. The van der Waals surface area contributed by atoms with E-state index in [1.54, 1.807) is 18.3 Å². The fourth-order valence-corrected chi connectivity index (χ4v) is 1.28. The van der Waals surface area contributed by atoms with E-state index in [2.05, 4.69) is 26.2 Å². The molecule has 0 radical (unpaired) electrons. The lowest BCUT2D eigenvalue weighted by molar-refractivity contribution is 0.0910. The van der Waals surface area contributed by atoms with Crippen LogP contribution in [-0.2, 0) is 0 Å². The first kappa shape index (κ1) is 12.1. The van der Waals surface area contributed by atoms with Crippen molar-refractivity contribution in [3.63, 3.8) is 0 Å². The molecule has 15 heavy (non-hydrogen) atoms. The molecule has 0 unspecified atom stereocenters. The number of aliphatic hydroxyl groups excluding tert-OH is 1. The molecule has 0 aliphatic rings. The highest BCUT2D eigenvalue weighted by atomic mass is 79.9. The van der Waals surface area contributed by atoms with Crippen molar-refractivity contribution in [3.05, 3.63) is 28.5 Å². The molecule has 0 saturated carbocycles. The van der Waals surface area contributed by atoms with Gasteiger partial charge in [-0.15, -0.1) is 0 Å². The van der Waals surface area contributed by atoms with Crippen molar-refractivity contribution in [3.8, 4) is 0 Å². The molecule has 1 rings (SSSR count). The minimum absolute atomic E-state index is 0.0568. The van der Waals surface area contributed by atoms with Crippen LogP contribution in [0.1, 0.15) is 23.8 Å². The largest absolute Gasteiger partial charge is 0.394 e. The van der Waals surface area contributed by atoms with Gasteiger partial charge in [-0.25, -0.2) is 4.98 Å². The van der Waals surface area contributed by atoms with Crippen molar-refractivity contribution in [2.24, 2.45) is 0 Å². The highest BCUT2D eigenvalue weighted by Gasteiger charge is 2.11. The van der Waals surface area contributed by atoms with Crippen LogP contribution in [0.4, 0.5) is 0 Å². The molecule has 0 spiro atoms. The zero-order valence-corrected chi connectivity index (χ0v) is 9.99. The second-order valence-corrected chi connectivity index (χ2v) is 4.04. The van der Waals surface area contributed by atoms with Crippen molar-refractivity contribution < 1.29 is 9.90 Å². The molecule has 1 aromatic rings. The molecule has 1 aromatic heterocycles. The van der Waals surface area contributed by atoms with Gasteiger partial charge in [0.2, 0.25) is 0 Å².